The highest BCUT2D eigenvalue weighted by molar-refractivity contribution is 9.10. The highest BCUT2D eigenvalue weighted by Gasteiger charge is 2.13. The number of hydrogen-bond acceptors (Lipinski definition) is 0. The molecule has 1 heteroatoms. The second-order valence-corrected chi connectivity index (χ2v) is 8.11. The summed E-state index contributed by atoms with van der Waals surface area (Å²) in [6, 6.07) is 23.4. The predicted molar refractivity (Wildman–Crippen MR) is 129 cm³/mol. The van der Waals surface area contributed by atoms with Gasteiger partial charge in [0.15, 0.2) is 0 Å². The van der Waals surface area contributed by atoms with Crippen molar-refractivity contribution in [1.29, 1.82) is 0 Å². The lowest BCUT2D eigenvalue weighted by molar-refractivity contribution is 1.58. The van der Waals surface area contributed by atoms with Crippen LogP contribution in [0.4, 0.5) is 0 Å². The van der Waals surface area contributed by atoms with E-state index >= 15 is 0 Å². The van der Waals surface area contributed by atoms with E-state index in [1.807, 2.05) is 12.1 Å². The molecule has 0 radical (unpaired) electrons. The maximum absolute atomic E-state index is 8.40. The lowest BCUT2D eigenvalue weighted by atomic mass is 9.89. The van der Waals surface area contributed by atoms with Crippen LogP contribution in [0.15, 0.2) is 107 Å². The molecule has 0 saturated heterocycles. The minimum absolute atomic E-state index is 0.200. The van der Waals surface area contributed by atoms with Crippen LogP contribution in [0.2, 0.25) is 0 Å². The second kappa shape index (κ2) is 6.43. The first-order valence-corrected chi connectivity index (χ1v) is 10.2. The van der Waals surface area contributed by atoms with Crippen LogP contribution >= 0.6 is 15.9 Å². The standard InChI is InChI=1S/C28H17Br/c29-24-16-22(18-5-2-1-3-6-18)15-23(17-24)25-13-11-21-10-9-19-7-4-8-20-12-14-26(25)28(21)27(19)20/h1-17H/i1D,2D,3D,5D,6D. The number of hydrogen-bond donors (Lipinski definition) is 0. The molecule has 29 heavy (non-hydrogen) atoms. The maximum atomic E-state index is 8.40. The van der Waals surface area contributed by atoms with Crippen molar-refractivity contribution in [2.24, 2.45) is 0 Å². The zero-order valence-corrected chi connectivity index (χ0v) is 16.9. The molecular weight excluding hydrogens is 416 g/mol. The van der Waals surface area contributed by atoms with Crippen LogP contribution in [0.25, 0.3) is 54.6 Å². The van der Waals surface area contributed by atoms with E-state index in [-0.39, 0.29) is 35.8 Å². The lowest BCUT2D eigenvalue weighted by Crippen LogP contribution is -1.88. The Bertz CT molecular complexity index is 1730. The van der Waals surface area contributed by atoms with Crippen LogP contribution in [-0.4, -0.2) is 0 Å². The van der Waals surface area contributed by atoms with E-state index in [4.69, 9.17) is 6.85 Å². The first-order chi connectivity index (χ1) is 16.3. The molecular formula is C28H17Br. The Morgan fingerprint density at radius 3 is 2.03 bits per heavy atom. The van der Waals surface area contributed by atoms with E-state index < -0.39 is 0 Å². The van der Waals surface area contributed by atoms with Crippen LogP contribution in [0.1, 0.15) is 6.85 Å². The third-order valence-electron chi connectivity index (χ3n) is 5.53. The van der Waals surface area contributed by atoms with Gasteiger partial charge < -0.3 is 0 Å². The van der Waals surface area contributed by atoms with Gasteiger partial charge >= 0.3 is 0 Å². The zero-order chi connectivity index (χ0) is 23.7. The minimum atomic E-state index is -0.388. The van der Waals surface area contributed by atoms with Crippen LogP contribution < -0.4 is 0 Å². The average molecular weight is 438 g/mol. The van der Waals surface area contributed by atoms with Gasteiger partial charge in [-0.05, 0) is 72.8 Å². The summed E-state index contributed by atoms with van der Waals surface area (Å²) in [6.45, 7) is 0. The summed E-state index contributed by atoms with van der Waals surface area (Å²) in [5.41, 5.74) is 2.72. The SMILES string of the molecule is [2H]c1c([2H])c([2H])c(-c2cc(Br)cc(-c3ccc4ccc5cccc6ccc3c4c56)c2)c([2H])c1[2H]. The van der Waals surface area contributed by atoms with E-state index in [0.29, 0.717) is 5.56 Å². The maximum Gasteiger partial charge on any atom is 0.0629 e. The van der Waals surface area contributed by atoms with Gasteiger partial charge in [0.25, 0.3) is 0 Å². The van der Waals surface area contributed by atoms with Gasteiger partial charge in [-0.2, -0.15) is 0 Å². The highest BCUT2D eigenvalue weighted by Crippen LogP contribution is 2.40. The summed E-state index contributed by atoms with van der Waals surface area (Å²) in [4.78, 5) is 0. The number of halogens is 1. The van der Waals surface area contributed by atoms with E-state index in [1.54, 1.807) is 6.07 Å². The van der Waals surface area contributed by atoms with Gasteiger partial charge in [0.05, 0.1) is 6.85 Å². The van der Waals surface area contributed by atoms with Gasteiger partial charge in [0.2, 0.25) is 0 Å². The van der Waals surface area contributed by atoms with Crippen molar-refractivity contribution in [1.82, 2.24) is 0 Å². The Balaban J connectivity index is 1.66. The fourth-order valence-electron chi connectivity index (χ4n) is 4.27. The quantitative estimate of drug-likeness (QED) is 0.237. The molecule has 0 heterocycles. The summed E-state index contributed by atoms with van der Waals surface area (Å²) in [6.07, 6.45) is 0. The Morgan fingerprint density at radius 2 is 1.24 bits per heavy atom. The topological polar surface area (TPSA) is 0 Å². The molecule has 0 amide bonds. The normalized spacial score (nSPS) is 14.0. The van der Waals surface area contributed by atoms with E-state index in [2.05, 4.69) is 70.5 Å². The average Bonchev–Trinajstić information content (AvgIpc) is 2.84. The van der Waals surface area contributed by atoms with Gasteiger partial charge in [-0.15, -0.1) is 0 Å². The second-order valence-electron chi connectivity index (χ2n) is 7.20. The van der Waals surface area contributed by atoms with Crippen LogP contribution in [-0.2, 0) is 0 Å². The third kappa shape index (κ3) is 2.66. The molecule has 0 fully saturated rings. The van der Waals surface area contributed by atoms with Crippen LogP contribution in [0.3, 0.4) is 0 Å². The molecule has 0 nitrogen and oxygen atoms in total. The van der Waals surface area contributed by atoms with Gasteiger partial charge in [0.1, 0.15) is 0 Å². The van der Waals surface area contributed by atoms with Gasteiger partial charge in [-0.3, -0.25) is 0 Å². The van der Waals surface area contributed by atoms with Crippen molar-refractivity contribution < 1.29 is 6.85 Å². The van der Waals surface area contributed by atoms with Crippen molar-refractivity contribution in [2.75, 3.05) is 0 Å². The molecule has 136 valence electrons. The lowest BCUT2D eigenvalue weighted by Gasteiger charge is -2.15. The smallest absolute Gasteiger partial charge is 0.0622 e. The van der Waals surface area contributed by atoms with Crippen LogP contribution in [0.5, 0.6) is 0 Å². The molecule has 0 saturated carbocycles. The largest absolute Gasteiger partial charge is 0.0629 e. The van der Waals surface area contributed by atoms with Crippen molar-refractivity contribution in [3.63, 3.8) is 0 Å². The Hall–Kier alpha value is -3.16. The molecule has 0 aliphatic rings. The summed E-state index contributed by atoms with van der Waals surface area (Å²) in [5, 5.41) is 7.12. The monoisotopic (exact) mass is 437 g/mol. The molecule has 0 atom stereocenters. The molecule has 0 spiro atoms. The zero-order valence-electron chi connectivity index (χ0n) is 20.3. The third-order valence-corrected chi connectivity index (χ3v) is 5.98. The van der Waals surface area contributed by atoms with Crippen LogP contribution in [0, 0.1) is 0 Å². The summed E-state index contributed by atoms with van der Waals surface area (Å²) < 4.78 is 41.6. The van der Waals surface area contributed by atoms with Crippen molar-refractivity contribution >= 4 is 48.2 Å². The molecule has 0 N–H and O–H groups in total. The molecule has 0 aromatic heterocycles. The molecule has 6 aromatic rings. The van der Waals surface area contributed by atoms with E-state index in [9.17, 15) is 0 Å². The van der Waals surface area contributed by atoms with Crippen molar-refractivity contribution in [3.05, 3.63) is 107 Å². The van der Waals surface area contributed by atoms with Crippen molar-refractivity contribution in [3.8, 4) is 22.3 Å². The van der Waals surface area contributed by atoms with E-state index in [0.717, 1.165) is 21.0 Å². The van der Waals surface area contributed by atoms with Gasteiger partial charge in [-0.25, -0.2) is 0 Å². The Kier molecular flexibility index (Phi) is 2.75. The van der Waals surface area contributed by atoms with Gasteiger partial charge in [0, 0.05) is 4.47 Å². The molecule has 6 rings (SSSR count). The Morgan fingerprint density at radius 1 is 0.586 bits per heavy atom. The summed E-state index contributed by atoms with van der Waals surface area (Å²) in [7, 11) is 0. The molecule has 0 aliphatic carbocycles. The molecule has 6 aromatic carbocycles. The molecule has 0 aliphatic heterocycles. The minimum Gasteiger partial charge on any atom is -0.0622 e. The van der Waals surface area contributed by atoms with Gasteiger partial charge in [-0.1, -0.05) is 101 Å². The molecule has 0 unspecified atom stereocenters. The number of benzene rings is 6. The summed E-state index contributed by atoms with van der Waals surface area (Å²) >= 11 is 3.58. The fraction of sp³-hybridized carbons (Fsp3) is 0. The highest BCUT2D eigenvalue weighted by atomic mass is 79.9. The van der Waals surface area contributed by atoms with E-state index in [1.165, 1.54) is 26.9 Å². The van der Waals surface area contributed by atoms with Crippen molar-refractivity contribution in [2.45, 2.75) is 0 Å². The number of rotatable bonds is 2. The first kappa shape index (κ1) is 12.4. The Labute approximate surface area is 184 Å². The molecule has 0 bridgehead atoms. The predicted octanol–water partition coefficient (Wildman–Crippen LogP) is 8.68. The first-order valence-electron chi connectivity index (χ1n) is 11.9. The fourth-order valence-corrected chi connectivity index (χ4v) is 4.76. The summed E-state index contributed by atoms with van der Waals surface area (Å²) in [5.74, 6) is 0.